The third-order valence-electron chi connectivity index (χ3n) is 5.51. The molecule has 1 unspecified atom stereocenters. The summed E-state index contributed by atoms with van der Waals surface area (Å²) in [7, 11) is 0. The van der Waals surface area contributed by atoms with Gasteiger partial charge in [-0.25, -0.2) is 4.68 Å². The van der Waals surface area contributed by atoms with Crippen molar-refractivity contribution < 1.29 is 23.7 Å². The van der Waals surface area contributed by atoms with E-state index >= 15 is 0 Å². The molecular weight excluding hydrogens is 376 g/mol. The average molecular weight is 402 g/mol. The molecule has 0 radical (unpaired) electrons. The van der Waals surface area contributed by atoms with Gasteiger partial charge in [0, 0.05) is 5.56 Å². The van der Waals surface area contributed by atoms with Gasteiger partial charge in [-0.3, -0.25) is 0 Å². The maximum Gasteiger partial charge on any atom is 0.189 e. The van der Waals surface area contributed by atoms with Gasteiger partial charge in [0.2, 0.25) is 0 Å². The summed E-state index contributed by atoms with van der Waals surface area (Å²) in [6, 6.07) is 9.35. The third-order valence-corrected chi connectivity index (χ3v) is 5.51. The van der Waals surface area contributed by atoms with E-state index in [4.69, 9.17) is 29.4 Å². The fourth-order valence-electron chi connectivity index (χ4n) is 4.30. The van der Waals surface area contributed by atoms with E-state index in [2.05, 4.69) is 10.3 Å². The Bertz CT molecular complexity index is 900. The van der Waals surface area contributed by atoms with E-state index in [-0.39, 0.29) is 12.1 Å². The Morgan fingerprint density at radius 3 is 2.45 bits per heavy atom. The molecule has 5 rings (SSSR count). The Hall–Kier alpha value is -2.04. The molecule has 0 amide bonds. The van der Waals surface area contributed by atoms with Crippen LogP contribution in [0.15, 0.2) is 30.3 Å². The van der Waals surface area contributed by atoms with Gasteiger partial charge in [0.1, 0.15) is 30.0 Å². The van der Waals surface area contributed by atoms with Gasteiger partial charge >= 0.3 is 0 Å². The van der Waals surface area contributed by atoms with Crippen LogP contribution in [0.5, 0.6) is 0 Å². The van der Waals surface area contributed by atoms with Crippen molar-refractivity contribution in [2.75, 3.05) is 12.3 Å². The van der Waals surface area contributed by atoms with E-state index in [0.717, 1.165) is 5.56 Å². The van der Waals surface area contributed by atoms with Gasteiger partial charge < -0.3 is 29.4 Å². The molecule has 0 aliphatic carbocycles. The first-order valence-electron chi connectivity index (χ1n) is 9.83. The van der Waals surface area contributed by atoms with Gasteiger partial charge in [-0.05, 0) is 27.7 Å². The van der Waals surface area contributed by atoms with Crippen LogP contribution in [0.4, 0.5) is 5.82 Å². The quantitative estimate of drug-likeness (QED) is 0.833. The van der Waals surface area contributed by atoms with E-state index in [0.29, 0.717) is 18.1 Å². The number of nitrogen functional groups attached to an aromatic ring is 1. The number of fused-ring (bicyclic) bond motifs is 1. The minimum absolute atomic E-state index is 0.306. The normalized spacial score (nSPS) is 35.1. The van der Waals surface area contributed by atoms with Gasteiger partial charge in [-0.15, -0.1) is 5.10 Å². The molecule has 0 spiro atoms. The van der Waals surface area contributed by atoms with E-state index in [1.165, 1.54) is 0 Å². The summed E-state index contributed by atoms with van der Waals surface area (Å²) in [5.74, 6) is -0.995. The highest BCUT2D eigenvalue weighted by molar-refractivity contribution is 5.69. The molecule has 156 valence electrons. The second-order valence-corrected chi connectivity index (χ2v) is 8.56. The first kappa shape index (κ1) is 19.0. The van der Waals surface area contributed by atoms with Crippen LogP contribution in [-0.4, -0.2) is 57.8 Å². The highest BCUT2D eigenvalue weighted by Crippen LogP contribution is 2.46. The summed E-state index contributed by atoms with van der Waals surface area (Å²) in [5, 5.41) is 8.70. The molecule has 9 nitrogen and oxygen atoms in total. The fourth-order valence-corrected chi connectivity index (χ4v) is 4.30. The molecule has 0 bridgehead atoms. The molecule has 1 aromatic carbocycles. The lowest BCUT2D eigenvalue weighted by Crippen LogP contribution is -2.41. The lowest BCUT2D eigenvalue weighted by atomic mass is 10.0. The number of aromatic nitrogens is 3. The first-order valence-corrected chi connectivity index (χ1v) is 9.83. The van der Waals surface area contributed by atoms with Gasteiger partial charge in [0.25, 0.3) is 0 Å². The molecule has 3 saturated heterocycles. The van der Waals surface area contributed by atoms with Crippen LogP contribution >= 0.6 is 0 Å². The molecule has 2 N–H and O–H groups in total. The Balaban J connectivity index is 1.52. The van der Waals surface area contributed by atoms with E-state index in [1.807, 2.05) is 58.0 Å². The van der Waals surface area contributed by atoms with Gasteiger partial charge in [-0.2, -0.15) is 0 Å². The van der Waals surface area contributed by atoms with Gasteiger partial charge in [-0.1, -0.05) is 35.5 Å². The van der Waals surface area contributed by atoms with E-state index in [1.54, 1.807) is 4.68 Å². The maximum atomic E-state index is 6.49. The van der Waals surface area contributed by atoms with Crippen LogP contribution in [0.1, 0.15) is 33.7 Å². The SMILES string of the molecule is CC1(C)OCC([C@H]2O[C@@H]3OC(C)(C)O[C@@H]3[C@H]2n2nnc(-c3ccccc3)c2N)O1. The second-order valence-electron chi connectivity index (χ2n) is 8.56. The van der Waals surface area contributed by atoms with Crippen molar-refractivity contribution in [2.24, 2.45) is 0 Å². The molecule has 1 aromatic heterocycles. The number of anilines is 1. The fraction of sp³-hybridized carbons (Fsp3) is 0.600. The van der Waals surface area contributed by atoms with Crippen molar-refractivity contribution >= 4 is 5.82 Å². The molecule has 29 heavy (non-hydrogen) atoms. The van der Waals surface area contributed by atoms with E-state index < -0.39 is 30.1 Å². The van der Waals surface area contributed by atoms with Crippen LogP contribution in [0.25, 0.3) is 11.3 Å². The summed E-state index contributed by atoms with van der Waals surface area (Å²) in [6.07, 6.45) is -1.65. The number of rotatable bonds is 3. The number of hydrogen-bond acceptors (Lipinski definition) is 8. The van der Waals surface area contributed by atoms with Crippen LogP contribution in [0, 0.1) is 0 Å². The maximum absolute atomic E-state index is 6.49. The Labute approximate surface area is 169 Å². The zero-order chi connectivity index (χ0) is 20.4. The Morgan fingerprint density at radius 2 is 1.76 bits per heavy atom. The first-order chi connectivity index (χ1) is 13.7. The summed E-state index contributed by atoms with van der Waals surface area (Å²) in [5.41, 5.74) is 8.01. The molecule has 4 heterocycles. The average Bonchev–Trinajstić information content (AvgIpc) is 3.37. The third kappa shape index (κ3) is 3.23. The number of ether oxygens (including phenoxy) is 5. The predicted octanol–water partition coefficient (Wildman–Crippen LogP) is 2.10. The highest BCUT2D eigenvalue weighted by atomic mass is 16.8. The lowest BCUT2D eigenvalue weighted by molar-refractivity contribution is -0.226. The van der Waals surface area contributed by atoms with Crippen molar-refractivity contribution in [1.82, 2.24) is 15.0 Å². The number of hydrogen-bond donors (Lipinski definition) is 1. The zero-order valence-electron chi connectivity index (χ0n) is 16.9. The van der Waals surface area contributed by atoms with Crippen LogP contribution < -0.4 is 5.73 Å². The topological polar surface area (TPSA) is 103 Å². The Morgan fingerprint density at radius 1 is 1.00 bits per heavy atom. The lowest BCUT2D eigenvalue weighted by Gasteiger charge is -2.29. The summed E-state index contributed by atoms with van der Waals surface area (Å²) < 4.78 is 31.9. The summed E-state index contributed by atoms with van der Waals surface area (Å²) >= 11 is 0. The smallest absolute Gasteiger partial charge is 0.189 e. The second kappa shape index (κ2) is 6.48. The predicted molar refractivity (Wildman–Crippen MR) is 103 cm³/mol. The molecule has 3 aliphatic heterocycles. The minimum Gasteiger partial charge on any atom is -0.382 e. The van der Waals surface area contributed by atoms with Crippen LogP contribution in [0.3, 0.4) is 0 Å². The monoisotopic (exact) mass is 402 g/mol. The van der Waals surface area contributed by atoms with Crippen molar-refractivity contribution in [3.05, 3.63) is 30.3 Å². The van der Waals surface area contributed by atoms with Gasteiger partial charge in [0.15, 0.2) is 23.7 Å². The molecular formula is C20H26N4O5. The largest absolute Gasteiger partial charge is 0.382 e. The number of nitrogens with zero attached hydrogens (tertiary/aromatic N) is 3. The van der Waals surface area contributed by atoms with Crippen molar-refractivity contribution in [3.8, 4) is 11.3 Å². The Kier molecular flexibility index (Phi) is 4.24. The zero-order valence-corrected chi connectivity index (χ0v) is 16.9. The standard InChI is InChI=1S/C20H26N4O5/c1-19(2)25-10-12(27-19)15-14(16-18(26-15)29-20(3,4)28-16)24-17(21)13(22-23-24)11-8-6-5-7-9-11/h5-9,12,14-16,18H,10,21H2,1-4H3/t12?,14-,15+,16+,18+/m0/s1. The molecule has 3 aliphatic rings. The van der Waals surface area contributed by atoms with Crippen LogP contribution in [-0.2, 0) is 23.7 Å². The highest BCUT2D eigenvalue weighted by Gasteiger charge is 2.59. The number of nitrogens with two attached hydrogens (primary N) is 1. The molecule has 3 fully saturated rings. The van der Waals surface area contributed by atoms with Crippen molar-refractivity contribution in [2.45, 2.75) is 69.9 Å². The number of benzene rings is 1. The van der Waals surface area contributed by atoms with Crippen LogP contribution in [0.2, 0.25) is 0 Å². The van der Waals surface area contributed by atoms with Crippen molar-refractivity contribution in [1.29, 1.82) is 0 Å². The molecule has 0 saturated carbocycles. The van der Waals surface area contributed by atoms with Crippen molar-refractivity contribution in [3.63, 3.8) is 0 Å². The molecule has 9 heteroatoms. The van der Waals surface area contributed by atoms with Gasteiger partial charge in [0.05, 0.1) is 6.61 Å². The summed E-state index contributed by atoms with van der Waals surface area (Å²) in [6.45, 7) is 7.88. The summed E-state index contributed by atoms with van der Waals surface area (Å²) in [4.78, 5) is 0. The molecule has 2 aromatic rings. The minimum atomic E-state index is -0.761. The van der Waals surface area contributed by atoms with E-state index in [9.17, 15) is 0 Å². The molecule has 5 atom stereocenters.